The molecule has 1 fully saturated rings. The predicted octanol–water partition coefficient (Wildman–Crippen LogP) is 5.38. The molecule has 2 aromatic carbocycles. The van der Waals surface area contributed by atoms with Crippen molar-refractivity contribution in [1.29, 1.82) is 0 Å². The third-order valence-corrected chi connectivity index (χ3v) is 6.35. The van der Waals surface area contributed by atoms with Crippen LogP contribution in [0, 0.1) is 0 Å². The fraction of sp³-hybridized carbons (Fsp3) is 0.308. The molecule has 172 valence electrons. The standard InChI is InChI=1S/C26H27ClN2O4/c1-32-21-14-12-18(13-15-21)24(25(30)28-20-8-3-4-9-20)29(26(31)23-11-6-16-33-23)17-19-7-2-5-10-22(19)27/h2,5-7,10-16,20,24H,3-4,8-9,17H2,1H3,(H,28,30). The number of halogens is 1. The summed E-state index contributed by atoms with van der Waals surface area (Å²) >= 11 is 6.43. The molecule has 3 aromatic rings. The average Bonchev–Trinajstić information content (AvgIpc) is 3.54. The molecule has 7 heteroatoms. The minimum atomic E-state index is -0.870. The summed E-state index contributed by atoms with van der Waals surface area (Å²) in [5, 5.41) is 3.69. The average molecular weight is 467 g/mol. The zero-order chi connectivity index (χ0) is 23.2. The van der Waals surface area contributed by atoms with E-state index in [1.165, 1.54) is 11.2 Å². The molecule has 1 heterocycles. The number of nitrogens with one attached hydrogen (secondary N) is 1. The van der Waals surface area contributed by atoms with E-state index < -0.39 is 6.04 Å². The fourth-order valence-electron chi connectivity index (χ4n) is 4.24. The van der Waals surface area contributed by atoms with Gasteiger partial charge in [0.2, 0.25) is 5.91 Å². The maximum Gasteiger partial charge on any atom is 0.290 e. The number of benzene rings is 2. The summed E-state index contributed by atoms with van der Waals surface area (Å²) in [5.74, 6) is 0.222. The van der Waals surface area contributed by atoms with Gasteiger partial charge < -0.3 is 19.4 Å². The number of rotatable bonds is 8. The lowest BCUT2D eigenvalue weighted by Gasteiger charge is -2.32. The summed E-state index contributed by atoms with van der Waals surface area (Å²) < 4.78 is 10.7. The zero-order valence-corrected chi connectivity index (χ0v) is 19.3. The molecule has 0 radical (unpaired) electrons. The smallest absolute Gasteiger partial charge is 0.290 e. The number of hydrogen-bond acceptors (Lipinski definition) is 4. The Morgan fingerprint density at radius 1 is 1.09 bits per heavy atom. The van der Waals surface area contributed by atoms with Gasteiger partial charge in [0.15, 0.2) is 5.76 Å². The Bertz CT molecular complexity index is 1080. The molecule has 0 spiro atoms. The first-order valence-electron chi connectivity index (χ1n) is 11.1. The van der Waals surface area contributed by atoms with Gasteiger partial charge in [0, 0.05) is 17.6 Å². The Balaban J connectivity index is 1.75. The van der Waals surface area contributed by atoms with Gasteiger partial charge in [0.05, 0.1) is 13.4 Å². The summed E-state index contributed by atoms with van der Waals surface area (Å²) in [6, 6.07) is 17.0. The van der Waals surface area contributed by atoms with Gasteiger partial charge in [-0.1, -0.05) is 54.8 Å². The van der Waals surface area contributed by atoms with Crippen molar-refractivity contribution in [1.82, 2.24) is 10.2 Å². The monoisotopic (exact) mass is 466 g/mol. The van der Waals surface area contributed by atoms with Crippen LogP contribution in [0.3, 0.4) is 0 Å². The molecule has 1 aliphatic carbocycles. The third kappa shape index (κ3) is 5.40. The first-order chi connectivity index (χ1) is 16.1. The van der Waals surface area contributed by atoms with Crippen LogP contribution in [0.15, 0.2) is 71.3 Å². The van der Waals surface area contributed by atoms with Crippen LogP contribution in [0.4, 0.5) is 0 Å². The maximum atomic E-state index is 13.6. The van der Waals surface area contributed by atoms with Crippen LogP contribution in [-0.2, 0) is 11.3 Å². The van der Waals surface area contributed by atoms with Gasteiger partial charge in [0.25, 0.3) is 5.91 Å². The van der Waals surface area contributed by atoms with Crippen molar-refractivity contribution < 1.29 is 18.7 Å². The Morgan fingerprint density at radius 2 is 1.82 bits per heavy atom. The Hall–Kier alpha value is -3.25. The molecule has 2 amide bonds. The molecule has 4 rings (SSSR count). The molecule has 6 nitrogen and oxygen atoms in total. The normalized spacial score (nSPS) is 14.6. The highest BCUT2D eigenvalue weighted by Crippen LogP contribution is 2.30. The van der Waals surface area contributed by atoms with E-state index in [9.17, 15) is 9.59 Å². The maximum absolute atomic E-state index is 13.6. The van der Waals surface area contributed by atoms with E-state index in [-0.39, 0.29) is 30.2 Å². The molecule has 1 unspecified atom stereocenters. The molecule has 0 aliphatic heterocycles. The van der Waals surface area contributed by atoms with E-state index in [0.29, 0.717) is 16.3 Å². The summed E-state index contributed by atoms with van der Waals surface area (Å²) in [4.78, 5) is 28.8. The van der Waals surface area contributed by atoms with E-state index >= 15 is 0 Å². The van der Waals surface area contributed by atoms with Crippen molar-refractivity contribution in [2.45, 2.75) is 44.3 Å². The van der Waals surface area contributed by atoms with Crippen molar-refractivity contribution in [3.8, 4) is 5.75 Å². The number of ether oxygens (including phenoxy) is 1. The van der Waals surface area contributed by atoms with Crippen LogP contribution < -0.4 is 10.1 Å². The molecule has 1 aliphatic rings. The summed E-state index contributed by atoms with van der Waals surface area (Å²) in [6.07, 6.45) is 5.51. The topological polar surface area (TPSA) is 71.8 Å². The number of carbonyl (C=O) groups is 2. The first kappa shape index (κ1) is 22.9. The lowest BCUT2D eigenvalue weighted by Crippen LogP contribution is -2.45. The molecule has 1 aromatic heterocycles. The fourth-order valence-corrected chi connectivity index (χ4v) is 4.44. The highest BCUT2D eigenvalue weighted by Gasteiger charge is 2.35. The lowest BCUT2D eigenvalue weighted by atomic mass is 10.0. The van der Waals surface area contributed by atoms with E-state index in [1.54, 1.807) is 37.4 Å². The second-order valence-electron chi connectivity index (χ2n) is 8.17. The van der Waals surface area contributed by atoms with E-state index in [1.807, 2.05) is 30.3 Å². The van der Waals surface area contributed by atoms with Crippen LogP contribution in [0.1, 0.15) is 53.4 Å². The van der Waals surface area contributed by atoms with Gasteiger partial charge in [0.1, 0.15) is 11.8 Å². The van der Waals surface area contributed by atoms with Crippen molar-refractivity contribution >= 4 is 23.4 Å². The number of hydrogen-bond donors (Lipinski definition) is 1. The van der Waals surface area contributed by atoms with Crippen LogP contribution in [0.5, 0.6) is 5.75 Å². The first-order valence-corrected chi connectivity index (χ1v) is 11.5. The lowest BCUT2D eigenvalue weighted by molar-refractivity contribution is -0.126. The third-order valence-electron chi connectivity index (χ3n) is 5.98. The summed E-state index contributed by atoms with van der Waals surface area (Å²) in [6.45, 7) is 0.147. The zero-order valence-electron chi connectivity index (χ0n) is 18.5. The number of methoxy groups -OCH3 is 1. The molecule has 0 saturated heterocycles. The van der Waals surface area contributed by atoms with Crippen molar-refractivity contribution in [3.63, 3.8) is 0 Å². The molecule has 0 bridgehead atoms. The number of amides is 2. The molecule has 1 atom stereocenters. The number of furan rings is 1. The molecule has 1 saturated carbocycles. The molecule has 1 N–H and O–H groups in total. The molecular weight excluding hydrogens is 440 g/mol. The van der Waals surface area contributed by atoms with Gasteiger partial charge in [-0.15, -0.1) is 0 Å². The molecule has 33 heavy (non-hydrogen) atoms. The quantitative estimate of drug-likeness (QED) is 0.483. The summed E-state index contributed by atoms with van der Waals surface area (Å²) in [5.41, 5.74) is 1.42. The largest absolute Gasteiger partial charge is 0.497 e. The second kappa shape index (κ2) is 10.6. The van der Waals surface area contributed by atoms with E-state index in [2.05, 4.69) is 5.32 Å². The minimum Gasteiger partial charge on any atom is -0.497 e. The van der Waals surface area contributed by atoms with Crippen molar-refractivity contribution in [2.75, 3.05) is 7.11 Å². The van der Waals surface area contributed by atoms with Crippen molar-refractivity contribution in [3.05, 3.63) is 88.8 Å². The molecular formula is C26H27ClN2O4. The SMILES string of the molecule is COc1ccc(C(C(=O)NC2CCCC2)N(Cc2ccccc2Cl)C(=O)c2ccco2)cc1. The van der Waals surface area contributed by atoms with Crippen LogP contribution in [-0.4, -0.2) is 29.9 Å². The van der Waals surface area contributed by atoms with E-state index in [0.717, 1.165) is 31.2 Å². The minimum absolute atomic E-state index is 0.110. The Labute approximate surface area is 198 Å². The van der Waals surface area contributed by atoms with Gasteiger partial charge in [-0.3, -0.25) is 9.59 Å². The Kier molecular flexibility index (Phi) is 7.35. The predicted molar refractivity (Wildman–Crippen MR) is 126 cm³/mol. The van der Waals surface area contributed by atoms with Crippen LogP contribution in [0.25, 0.3) is 0 Å². The van der Waals surface area contributed by atoms with Gasteiger partial charge >= 0.3 is 0 Å². The van der Waals surface area contributed by atoms with Gasteiger partial charge in [-0.25, -0.2) is 0 Å². The van der Waals surface area contributed by atoms with E-state index in [4.69, 9.17) is 20.8 Å². The highest BCUT2D eigenvalue weighted by molar-refractivity contribution is 6.31. The highest BCUT2D eigenvalue weighted by atomic mass is 35.5. The number of nitrogens with zero attached hydrogens (tertiary/aromatic N) is 1. The van der Waals surface area contributed by atoms with Crippen LogP contribution in [0.2, 0.25) is 5.02 Å². The Morgan fingerprint density at radius 3 is 2.45 bits per heavy atom. The summed E-state index contributed by atoms with van der Waals surface area (Å²) in [7, 11) is 1.59. The van der Waals surface area contributed by atoms with Crippen LogP contribution >= 0.6 is 11.6 Å². The van der Waals surface area contributed by atoms with Gasteiger partial charge in [-0.2, -0.15) is 0 Å². The second-order valence-corrected chi connectivity index (χ2v) is 8.57. The number of carbonyl (C=O) groups excluding carboxylic acids is 2. The van der Waals surface area contributed by atoms with Gasteiger partial charge in [-0.05, 0) is 54.3 Å². The van der Waals surface area contributed by atoms with Crippen molar-refractivity contribution in [2.24, 2.45) is 0 Å².